The summed E-state index contributed by atoms with van der Waals surface area (Å²) >= 11 is 0. The molecule has 0 atom stereocenters. The van der Waals surface area contributed by atoms with Gasteiger partial charge in [0.15, 0.2) is 0 Å². The first-order valence-electron chi connectivity index (χ1n) is 9.60. The normalized spacial score (nSPS) is 16.6. The van der Waals surface area contributed by atoms with E-state index in [1.807, 2.05) is 0 Å². The molecule has 0 heterocycles. The summed E-state index contributed by atoms with van der Waals surface area (Å²) in [5.41, 5.74) is 5.48. The molecular formula is C27H22. The van der Waals surface area contributed by atoms with Crippen molar-refractivity contribution >= 4 is 0 Å². The predicted octanol–water partition coefficient (Wildman–Crippen LogP) is 6.36. The molecule has 4 aromatic rings. The summed E-state index contributed by atoms with van der Waals surface area (Å²) in [6.07, 6.45) is 1.09. The van der Waals surface area contributed by atoms with Crippen LogP contribution in [0.3, 0.4) is 0 Å². The maximum atomic E-state index is 2.29. The van der Waals surface area contributed by atoms with Gasteiger partial charge in [-0.05, 0) is 28.7 Å². The van der Waals surface area contributed by atoms with Crippen molar-refractivity contribution in [3.8, 4) is 0 Å². The monoisotopic (exact) mass is 346 g/mol. The van der Waals surface area contributed by atoms with Crippen molar-refractivity contribution in [3.05, 3.63) is 144 Å². The molecule has 1 aliphatic rings. The minimum atomic E-state index is -0.0434. The van der Waals surface area contributed by atoms with Gasteiger partial charge in [-0.15, -0.1) is 0 Å². The van der Waals surface area contributed by atoms with Gasteiger partial charge < -0.3 is 0 Å². The summed E-state index contributed by atoms with van der Waals surface area (Å²) in [5.74, 6) is 0. The molecule has 0 unspecified atom stereocenters. The number of rotatable bonds is 4. The van der Waals surface area contributed by atoms with E-state index in [0.29, 0.717) is 0 Å². The maximum Gasteiger partial charge on any atom is 0.0352 e. The Labute approximate surface area is 161 Å². The van der Waals surface area contributed by atoms with Crippen LogP contribution in [0.4, 0.5) is 0 Å². The lowest BCUT2D eigenvalue weighted by Crippen LogP contribution is -2.25. The molecular weight excluding hydrogens is 324 g/mol. The highest BCUT2D eigenvalue weighted by molar-refractivity contribution is 5.64. The second-order valence-electron chi connectivity index (χ2n) is 7.45. The summed E-state index contributed by atoms with van der Waals surface area (Å²) in [6, 6.07) is 44.1. The Bertz CT molecular complexity index is 852. The average Bonchev–Trinajstić information content (AvgIpc) is 3.49. The number of hydrogen-bond acceptors (Lipinski definition) is 0. The van der Waals surface area contributed by atoms with Crippen molar-refractivity contribution < 1.29 is 0 Å². The molecule has 0 saturated heterocycles. The SMILES string of the molecule is c1ccc(C2(c3ccccc3)CC2(c2ccccc2)c2ccccc2)cc1. The van der Waals surface area contributed by atoms with Crippen LogP contribution in [-0.4, -0.2) is 0 Å². The van der Waals surface area contributed by atoms with E-state index in [4.69, 9.17) is 0 Å². The lowest BCUT2D eigenvalue weighted by molar-refractivity contribution is 0.690. The molecule has 0 spiro atoms. The van der Waals surface area contributed by atoms with Gasteiger partial charge in [0.2, 0.25) is 0 Å². The van der Waals surface area contributed by atoms with Crippen molar-refractivity contribution in [1.82, 2.24) is 0 Å². The smallest absolute Gasteiger partial charge is 0.0352 e. The molecule has 1 aliphatic carbocycles. The van der Waals surface area contributed by atoms with Gasteiger partial charge in [-0.25, -0.2) is 0 Å². The van der Waals surface area contributed by atoms with Crippen molar-refractivity contribution in [1.29, 1.82) is 0 Å². The average molecular weight is 346 g/mol. The molecule has 27 heavy (non-hydrogen) atoms. The first-order valence-corrected chi connectivity index (χ1v) is 9.60. The van der Waals surface area contributed by atoms with Gasteiger partial charge in [-0.3, -0.25) is 0 Å². The van der Waals surface area contributed by atoms with Crippen LogP contribution in [0.25, 0.3) is 0 Å². The fraction of sp³-hybridized carbons (Fsp3) is 0.111. The summed E-state index contributed by atoms with van der Waals surface area (Å²) < 4.78 is 0. The van der Waals surface area contributed by atoms with E-state index in [1.165, 1.54) is 22.3 Å². The van der Waals surface area contributed by atoms with E-state index in [9.17, 15) is 0 Å². The molecule has 0 aromatic heterocycles. The molecule has 0 amide bonds. The summed E-state index contributed by atoms with van der Waals surface area (Å²) in [6.45, 7) is 0. The lowest BCUT2D eigenvalue weighted by Gasteiger charge is -2.28. The Morgan fingerprint density at radius 2 is 0.556 bits per heavy atom. The van der Waals surface area contributed by atoms with Gasteiger partial charge >= 0.3 is 0 Å². The van der Waals surface area contributed by atoms with Crippen molar-refractivity contribution in [2.45, 2.75) is 17.3 Å². The van der Waals surface area contributed by atoms with Crippen LogP contribution < -0.4 is 0 Å². The Morgan fingerprint density at radius 1 is 0.333 bits per heavy atom. The van der Waals surface area contributed by atoms with Gasteiger partial charge in [0.05, 0.1) is 0 Å². The molecule has 0 bridgehead atoms. The van der Waals surface area contributed by atoms with Gasteiger partial charge in [-0.1, -0.05) is 121 Å². The zero-order valence-electron chi connectivity index (χ0n) is 15.3. The second-order valence-corrected chi connectivity index (χ2v) is 7.45. The Morgan fingerprint density at radius 3 is 0.778 bits per heavy atom. The molecule has 0 N–H and O–H groups in total. The van der Waals surface area contributed by atoms with E-state index in [1.54, 1.807) is 0 Å². The molecule has 4 aromatic carbocycles. The third-order valence-corrected chi connectivity index (χ3v) is 6.20. The van der Waals surface area contributed by atoms with E-state index >= 15 is 0 Å². The standard InChI is InChI=1S/C27H22/c1-5-13-22(14-6-1)26(23-15-7-2-8-16-23)21-27(26,24-17-9-3-10-18-24)25-19-11-4-12-20-25/h1-20H,21H2. The summed E-state index contributed by atoms with van der Waals surface area (Å²) in [5, 5.41) is 0. The topological polar surface area (TPSA) is 0 Å². The van der Waals surface area contributed by atoms with Crippen LogP contribution in [0.15, 0.2) is 121 Å². The molecule has 0 heteroatoms. The highest BCUT2D eigenvalue weighted by Gasteiger charge is 2.70. The molecule has 1 saturated carbocycles. The van der Waals surface area contributed by atoms with E-state index in [0.717, 1.165) is 6.42 Å². The van der Waals surface area contributed by atoms with E-state index in [2.05, 4.69) is 121 Å². The second kappa shape index (κ2) is 6.25. The van der Waals surface area contributed by atoms with Crippen LogP contribution in [0.5, 0.6) is 0 Å². The Hall–Kier alpha value is -3.12. The summed E-state index contributed by atoms with van der Waals surface area (Å²) in [4.78, 5) is 0. The van der Waals surface area contributed by atoms with Crippen LogP contribution in [-0.2, 0) is 10.8 Å². The summed E-state index contributed by atoms with van der Waals surface area (Å²) in [7, 11) is 0. The fourth-order valence-corrected chi connectivity index (χ4v) is 4.97. The quantitative estimate of drug-likeness (QED) is 0.403. The van der Waals surface area contributed by atoms with E-state index < -0.39 is 0 Å². The minimum absolute atomic E-state index is 0.0434. The van der Waals surface area contributed by atoms with Gasteiger partial charge in [-0.2, -0.15) is 0 Å². The van der Waals surface area contributed by atoms with E-state index in [-0.39, 0.29) is 10.8 Å². The lowest BCUT2D eigenvalue weighted by atomic mass is 9.74. The fourth-order valence-electron chi connectivity index (χ4n) is 4.97. The van der Waals surface area contributed by atoms with Crippen LogP contribution >= 0.6 is 0 Å². The molecule has 0 aliphatic heterocycles. The number of benzene rings is 4. The van der Waals surface area contributed by atoms with Gasteiger partial charge in [0.1, 0.15) is 0 Å². The van der Waals surface area contributed by atoms with Gasteiger partial charge in [0, 0.05) is 10.8 Å². The zero-order valence-corrected chi connectivity index (χ0v) is 15.3. The van der Waals surface area contributed by atoms with Crippen LogP contribution in [0, 0.1) is 0 Å². The number of hydrogen-bond donors (Lipinski definition) is 0. The first kappa shape index (κ1) is 16.1. The van der Waals surface area contributed by atoms with Crippen LogP contribution in [0.2, 0.25) is 0 Å². The maximum absolute atomic E-state index is 2.29. The molecule has 1 fully saturated rings. The third kappa shape index (κ3) is 2.30. The zero-order chi connectivity index (χ0) is 18.2. The Kier molecular flexibility index (Phi) is 3.72. The highest BCUT2D eigenvalue weighted by atomic mass is 14.7. The predicted molar refractivity (Wildman–Crippen MR) is 112 cm³/mol. The molecule has 0 radical (unpaired) electrons. The molecule has 0 nitrogen and oxygen atoms in total. The molecule has 130 valence electrons. The highest BCUT2D eigenvalue weighted by Crippen LogP contribution is 2.71. The largest absolute Gasteiger partial charge is 0.0622 e. The van der Waals surface area contributed by atoms with Gasteiger partial charge in [0.25, 0.3) is 0 Å². The van der Waals surface area contributed by atoms with Crippen molar-refractivity contribution in [3.63, 3.8) is 0 Å². The van der Waals surface area contributed by atoms with Crippen molar-refractivity contribution in [2.75, 3.05) is 0 Å². The minimum Gasteiger partial charge on any atom is -0.0622 e. The first-order chi connectivity index (χ1) is 13.4. The molecule has 5 rings (SSSR count). The van der Waals surface area contributed by atoms with Crippen molar-refractivity contribution in [2.24, 2.45) is 0 Å². The third-order valence-electron chi connectivity index (χ3n) is 6.20. The van der Waals surface area contributed by atoms with Crippen LogP contribution in [0.1, 0.15) is 28.7 Å². The Balaban J connectivity index is 1.82.